The van der Waals surface area contributed by atoms with Gasteiger partial charge in [0.25, 0.3) is 0 Å². The third-order valence-electron chi connectivity index (χ3n) is 6.66. The molecule has 1 atom stereocenters. The van der Waals surface area contributed by atoms with Crippen molar-refractivity contribution in [2.24, 2.45) is 0 Å². The minimum atomic E-state index is -0.751. The fourth-order valence-corrected chi connectivity index (χ4v) is 4.84. The molecular weight excluding hydrogens is 456 g/mol. The third kappa shape index (κ3) is 4.96. The Kier molecular flexibility index (Phi) is 6.71. The number of hydrogen-bond acceptors (Lipinski definition) is 6. The van der Waals surface area contributed by atoms with Gasteiger partial charge in [-0.3, -0.25) is 9.78 Å². The number of oxazole rings is 1. The molecule has 1 aliphatic carbocycles. The second-order valence-corrected chi connectivity index (χ2v) is 8.97. The van der Waals surface area contributed by atoms with Gasteiger partial charge in [-0.15, -0.1) is 0 Å². The summed E-state index contributed by atoms with van der Waals surface area (Å²) in [6, 6.07) is 15.8. The van der Waals surface area contributed by atoms with Crippen LogP contribution in [0.3, 0.4) is 0 Å². The van der Waals surface area contributed by atoms with E-state index in [1.807, 2.05) is 55.5 Å². The molecule has 7 nitrogen and oxygen atoms in total. The lowest BCUT2D eigenvalue weighted by atomic mass is 9.98. The van der Waals surface area contributed by atoms with Gasteiger partial charge in [0.15, 0.2) is 0 Å². The van der Waals surface area contributed by atoms with Crippen LogP contribution in [0.1, 0.15) is 41.3 Å². The summed E-state index contributed by atoms with van der Waals surface area (Å²) in [5, 5.41) is 9.12. The number of carboxylic acid groups (broad SMARTS) is 1. The van der Waals surface area contributed by atoms with Crippen LogP contribution >= 0.6 is 0 Å². The SMILES string of the molecule is COc1ccncc1-c1cccc(-c2nc(CCOc3ccc4c(c3)CC[C@H]4CC(=O)O)c(C)o2)c1. The predicted octanol–water partition coefficient (Wildman–Crippen LogP) is 5.85. The van der Waals surface area contributed by atoms with E-state index in [1.165, 1.54) is 5.56 Å². The molecule has 1 aliphatic rings. The number of aromatic nitrogens is 2. The molecule has 0 fully saturated rings. The first-order valence-electron chi connectivity index (χ1n) is 12.0. The first-order valence-corrected chi connectivity index (χ1v) is 12.0. The molecule has 0 unspecified atom stereocenters. The summed E-state index contributed by atoms with van der Waals surface area (Å²) in [6.07, 6.45) is 6.05. The molecule has 7 heteroatoms. The molecule has 184 valence electrons. The van der Waals surface area contributed by atoms with Crippen LogP contribution in [0.15, 0.2) is 65.3 Å². The van der Waals surface area contributed by atoms with Gasteiger partial charge in [0, 0.05) is 29.9 Å². The highest BCUT2D eigenvalue weighted by atomic mass is 16.5. The van der Waals surface area contributed by atoms with Crippen LogP contribution in [0.5, 0.6) is 11.5 Å². The van der Waals surface area contributed by atoms with Crippen molar-refractivity contribution in [2.45, 2.75) is 38.5 Å². The zero-order valence-corrected chi connectivity index (χ0v) is 20.4. The molecule has 2 aromatic heterocycles. The average Bonchev–Trinajstić information content (AvgIpc) is 3.46. The quantitative estimate of drug-likeness (QED) is 0.319. The Morgan fingerprint density at radius 3 is 2.86 bits per heavy atom. The molecule has 1 N–H and O–H groups in total. The van der Waals surface area contributed by atoms with Crippen molar-refractivity contribution >= 4 is 5.97 Å². The van der Waals surface area contributed by atoms with E-state index < -0.39 is 5.97 Å². The number of carbonyl (C=O) groups is 1. The van der Waals surface area contributed by atoms with Gasteiger partial charge in [-0.25, -0.2) is 4.98 Å². The number of aryl methyl sites for hydroxylation is 2. The number of hydrogen-bond donors (Lipinski definition) is 1. The van der Waals surface area contributed by atoms with Crippen molar-refractivity contribution in [1.82, 2.24) is 9.97 Å². The van der Waals surface area contributed by atoms with E-state index in [-0.39, 0.29) is 12.3 Å². The number of carboxylic acids is 1. The first kappa shape index (κ1) is 23.6. The van der Waals surface area contributed by atoms with Crippen LogP contribution in [-0.2, 0) is 17.6 Å². The third-order valence-corrected chi connectivity index (χ3v) is 6.66. The minimum Gasteiger partial charge on any atom is -0.496 e. The number of pyridine rings is 1. The lowest BCUT2D eigenvalue weighted by Crippen LogP contribution is -2.04. The molecule has 36 heavy (non-hydrogen) atoms. The molecule has 0 bridgehead atoms. The van der Waals surface area contributed by atoms with Gasteiger partial charge in [0.05, 0.1) is 25.8 Å². The summed E-state index contributed by atoms with van der Waals surface area (Å²) >= 11 is 0. The Bertz CT molecular complexity index is 1390. The average molecular weight is 485 g/mol. The summed E-state index contributed by atoms with van der Waals surface area (Å²) in [4.78, 5) is 20.1. The maximum atomic E-state index is 11.1. The van der Waals surface area contributed by atoms with Crippen molar-refractivity contribution in [1.29, 1.82) is 0 Å². The van der Waals surface area contributed by atoms with E-state index >= 15 is 0 Å². The van der Waals surface area contributed by atoms with Crippen molar-refractivity contribution in [2.75, 3.05) is 13.7 Å². The highest BCUT2D eigenvalue weighted by molar-refractivity contribution is 5.73. The van der Waals surface area contributed by atoms with Crippen LogP contribution in [0.25, 0.3) is 22.6 Å². The molecule has 0 saturated carbocycles. The van der Waals surface area contributed by atoms with Crippen molar-refractivity contribution in [3.8, 4) is 34.1 Å². The molecule has 5 rings (SSSR count). The van der Waals surface area contributed by atoms with Crippen LogP contribution in [0.2, 0.25) is 0 Å². The highest BCUT2D eigenvalue weighted by Crippen LogP contribution is 2.37. The number of methoxy groups -OCH3 is 1. The molecule has 0 amide bonds. The Labute approximate surface area is 209 Å². The number of ether oxygens (including phenoxy) is 2. The maximum absolute atomic E-state index is 11.1. The van der Waals surface area contributed by atoms with Gasteiger partial charge in [-0.2, -0.15) is 0 Å². The zero-order valence-electron chi connectivity index (χ0n) is 20.4. The van der Waals surface area contributed by atoms with E-state index in [0.29, 0.717) is 18.9 Å². The van der Waals surface area contributed by atoms with Gasteiger partial charge < -0.3 is 19.0 Å². The monoisotopic (exact) mass is 484 g/mol. The van der Waals surface area contributed by atoms with Gasteiger partial charge >= 0.3 is 5.97 Å². The molecule has 4 aromatic rings. The second-order valence-electron chi connectivity index (χ2n) is 8.97. The normalized spacial score (nSPS) is 14.4. The lowest BCUT2D eigenvalue weighted by molar-refractivity contribution is -0.137. The van der Waals surface area contributed by atoms with Crippen LogP contribution in [-0.4, -0.2) is 34.8 Å². The van der Waals surface area contributed by atoms with Crippen molar-refractivity contribution < 1.29 is 23.8 Å². The zero-order chi connectivity index (χ0) is 25.1. The number of aliphatic carboxylic acids is 1. The van der Waals surface area contributed by atoms with Gasteiger partial charge in [-0.05, 0) is 72.7 Å². The summed E-state index contributed by atoms with van der Waals surface area (Å²) in [5.74, 6) is 2.23. The predicted molar refractivity (Wildman–Crippen MR) is 135 cm³/mol. The highest BCUT2D eigenvalue weighted by Gasteiger charge is 2.25. The Morgan fingerprint density at radius 1 is 1.17 bits per heavy atom. The Balaban J connectivity index is 1.25. The topological polar surface area (TPSA) is 94.7 Å². The maximum Gasteiger partial charge on any atom is 0.303 e. The van der Waals surface area contributed by atoms with Gasteiger partial charge in [-0.1, -0.05) is 18.2 Å². The van der Waals surface area contributed by atoms with Crippen molar-refractivity contribution in [3.63, 3.8) is 0 Å². The number of rotatable bonds is 9. The van der Waals surface area contributed by atoms with E-state index in [2.05, 4.69) is 4.98 Å². The van der Waals surface area contributed by atoms with E-state index in [0.717, 1.165) is 58.0 Å². The molecule has 0 radical (unpaired) electrons. The molecule has 2 aromatic carbocycles. The van der Waals surface area contributed by atoms with Crippen LogP contribution < -0.4 is 9.47 Å². The number of nitrogens with zero attached hydrogens (tertiary/aromatic N) is 2. The smallest absolute Gasteiger partial charge is 0.303 e. The fourth-order valence-electron chi connectivity index (χ4n) is 4.84. The lowest BCUT2D eigenvalue weighted by Gasteiger charge is -2.10. The Morgan fingerprint density at radius 2 is 2.03 bits per heavy atom. The van der Waals surface area contributed by atoms with E-state index in [1.54, 1.807) is 19.5 Å². The molecule has 0 aliphatic heterocycles. The summed E-state index contributed by atoms with van der Waals surface area (Å²) < 4.78 is 17.5. The van der Waals surface area contributed by atoms with Crippen molar-refractivity contribution in [3.05, 3.63) is 83.5 Å². The largest absolute Gasteiger partial charge is 0.496 e. The molecule has 2 heterocycles. The molecule has 0 spiro atoms. The van der Waals surface area contributed by atoms with Gasteiger partial charge in [0.2, 0.25) is 5.89 Å². The number of fused-ring (bicyclic) bond motifs is 1. The number of benzene rings is 2. The summed E-state index contributed by atoms with van der Waals surface area (Å²) in [7, 11) is 1.65. The van der Waals surface area contributed by atoms with Gasteiger partial charge in [0.1, 0.15) is 17.3 Å². The van der Waals surface area contributed by atoms with E-state index in [4.69, 9.17) is 24.0 Å². The fraction of sp³-hybridized carbons (Fsp3) is 0.276. The van der Waals surface area contributed by atoms with E-state index in [9.17, 15) is 4.79 Å². The first-order chi connectivity index (χ1) is 17.5. The minimum absolute atomic E-state index is 0.0977. The second kappa shape index (κ2) is 10.2. The Hall–Kier alpha value is -4.13. The summed E-state index contributed by atoms with van der Waals surface area (Å²) in [6.45, 7) is 2.38. The molecular formula is C29H28N2O5. The standard InChI is InChI=1S/C29H28N2O5/c1-18-26(11-13-35-23-8-9-24-20(15-23)6-7-21(24)16-28(32)33)31-29(36-18)22-5-3-4-19(14-22)25-17-30-12-10-27(25)34-2/h3-5,8-10,12,14-15,17,21H,6-7,11,13,16H2,1-2H3,(H,32,33)/t21-/m0/s1. The van der Waals surface area contributed by atoms with Crippen LogP contribution in [0.4, 0.5) is 0 Å². The van der Waals surface area contributed by atoms with Crippen LogP contribution in [0, 0.1) is 6.92 Å². The molecule has 0 saturated heterocycles. The summed E-state index contributed by atoms with van der Waals surface area (Å²) in [5.41, 5.74) is 5.93.